The lowest BCUT2D eigenvalue weighted by Crippen LogP contribution is -2.41. The van der Waals surface area contributed by atoms with E-state index in [0.717, 1.165) is 19.1 Å². The molecule has 0 aromatic heterocycles. The quantitative estimate of drug-likeness (QED) is 0.711. The van der Waals surface area contributed by atoms with Crippen molar-refractivity contribution in [2.24, 2.45) is 5.92 Å². The SMILES string of the molecule is CC(CCB1OC(C)(C)C(C)(C)O1)CB1OC(C)(C)C(C)(C)O1. The van der Waals surface area contributed by atoms with Crippen molar-refractivity contribution < 1.29 is 18.6 Å². The zero-order chi connectivity index (χ0) is 17.7. The second-order valence-electron chi connectivity index (χ2n) is 9.29. The average Bonchev–Trinajstić information content (AvgIpc) is 2.65. The smallest absolute Gasteiger partial charge is 0.403 e. The molecular weight excluding hydrogens is 290 g/mol. The van der Waals surface area contributed by atoms with Crippen LogP contribution >= 0.6 is 0 Å². The molecule has 2 fully saturated rings. The highest BCUT2D eigenvalue weighted by atomic mass is 16.7. The van der Waals surface area contributed by atoms with E-state index >= 15 is 0 Å². The molecule has 0 aromatic rings. The number of hydrogen-bond donors (Lipinski definition) is 0. The summed E-state index contributed by atoms with van der Waals surface area (Å²) in [7, 11) is -0.228. The first kappa shape index (κ1) is 19.3. The van der Waals surface area contributed by atoms with E-state index in [-0.39, 0.29) is 36.6 Å². The van der Waals surface area contributed by atoms with E-state index in [4.69, 9.17) is 18.6 Å². The normalized spacial score (nSPS) is 29.1. The van der Waals surface area contributed by atoms with Crippen molar-refractivity contribution in [2.45, 2.75) is 104 Å². The molecule has 0 saturated carbocycles. The molecule has 0 aliphatic carbocycles. The lowest BCUT2D eigenvalue weighted by atomic mass is 9.72. The van der Waals surface area contributed by atoms with Gasteiger partial charge < -0.3 is 18.6 Å². The van der Waals surface area contributed by atoms with Crippen LogP contribution in [0.5, 0.6) is 0 Å². The van der Waals surface area contributed by atoms with Gasteiger partial charge in [-0.1, -0.05) is 13.3 Å². The van der Waals surface area contributed by atoms with Crippen molar-refractivity contribution in [1.29, 1.82) is 0 Å². The summed E-state index contributed by atoms with van der Waals surface area (Å²) in [4.78, 5) is 0. The average molecular weight is 324 g/mol. The van der Waals surface area contributed by atoms with Crippen LogP contribution in [0.1, 0.15) is 68.7 Å². The van der Waals surface area contributed by atoms with Gasteiger partial charge in [0.15, 0.2) is 0 Å². The second kappa shape index (κ2) is 6.05. The monoisotopic (exact) mass is 324 g/mol. The van der Waals surface area contributed by atoms with Crippen LogP contribution in [0, 0.1) is 5.92 Å². The third-order valence-corrected chi connectivity index (χ3v) is 6.09. The van der Waals surface area contributed by atoms with E-state index < -0.39 is 0 Å². The minimum Gasteiger partial charge on any atom is -0.403 e. The van der Waals surface area contributed by atoms with Crippen LogP contribution in [-0.4, -0.2) is 36.6 Å². The van der Waals surface area contributed by atoms with Gasteiger partial charge >= 0.3 is 14.2 Å². The van der Waals surface area contributed by atoms with Gasteiger partial charge in [-0.25, -0.2) is 0 Å². The maximum atomic E-state index is 6.09. The Hall–Kier alpha value is -0.0301. The Labute approximate surface area is 143 Å². The summed E-state index contributed by atoms with van der Waals surface area (Å²) in [5.74, 6) is 0.503. The number of rotatable bonds is 5. The predicted molar refractivity (Wildman–Crippen MR) is 95.6 cm³/mol. The summed E-state index contributed by atoms with van der Waals surface area (Å²) in [6, 6.07) is 0. The standard InChI is InChI=1S/C17H34B2O4/c1-13(12-19-22-16(6,7)17(8,9)23-19)10-11-18-20-14(2,3)15(4,5)21-18/h13H,10-12H2,1-9H3. The van der Waals surface area contributed by atoms with E-state index in [1.165, 1.54) is 0 Å². The zero-order valence-electron chi connectivity index (χ0n) is 16.5. The Bertz CT molecular complexity index is 402. The summed E-state index contributed by atoms with van der Waals surface area (Å²) in [6.45, 7) is 19.0. The molecule has 0 N–H and O–H groups in total. The molecule has 1 atom stereocenters. The van der Waals surface area contributed by atoms with Gasteiger partial charge in [-0.15, -0.1) is 0 Å². The van der Waals surface area contributed by atoms with Crippen LogP contribution in [0.2, 0.25) is 12.6 Å². The Morgan fingerprint density at radius 1 is 0.652 bits per heavy atom. The van der Waals surface area contributed by atoms with Crippen molar-refractivity contribution in [1.82, 2.24) is 0 Å². The molecular formula is C17H34B2O4. The van der Waals surface area contributed by atoms with Gasteiger partial charge in [0.25, 0.3) is 0 Å². The van der Waals surface area contributed by atoms with Crippen molar-refractivity contribution >= 4 is 14.2 Å². The van der Waals surface area contributed by atoms with E-state index in [1.807, 2.05) is 0 Å². The Morgan fingerprint density at radius 3 is 1.39 bits per heavy atom. The molecule has 0 aromatic carbocycles. The van der Waals surface area contributed by atoms with Crippen molar-refractivity contribution in [3.63, 3.8) is 0 Å². The summed E-state index contributed by atoms with van der Waals surface area (Å²) in [6.07, 6.45) is 2.86. The molecule has 2 saturated heterocycles. The van der Waals surface area contributed by atoms with Gasteiger partial charge in [-0.05, 0) is 73.9 Å². The van der Waals surface area contributed by atoms with Crippen LogP contribution < -0.4 is 0 Å². The summed E-state index contributed by atoms with van der Waals surface area (Å²) in [5, 5.41) is 0. The van der Waals surface area contributed by atoms with Crippen molar-refractivity contribution in [3.05, 3.63) is 0 Å². The van der Waals surface area contributed by atoms with Gasteiger partial charge in [-0.3, -0.25) is 0 Å². The third-order valence-electron chi connectivity index (χ3n) is 6.09. The van der Waals surface area contributed by atoms with Crippen LogP contribution in [0.4, 0.5) is 0 Å². The Kier molecular flexibility index (Phi) is 5.07. The Balaban J connectivity index is 1.78. The highest BCUT2D eigenvalue weighted by Crippen LogP contribution is 2.40. The third kappa shape index (κ3) is 3.97. The van der Waals surface area contributed by atoms with Gasteiger partial charge in [0.1, 0.15) is 0 Å². The maximum absolute atomic E-state index is 6.09. The summed E-state index contributed by atoms with van der Waals surface area (Å²) >= 11 is 0. The van der Waals surface area contributed by atoms with Crippen LogP contribution in [0.3, 0.4) is 0 Å². The molecule has 0 radical (unpaired) electrons. The molecule has 2 aliphatic heterocycles. The summed E-state index contributed by atoms with van der Waals surface area (Å²) in [5.41, 5.74) is -0.981. The molecule has 23 heavy (non-hydrogen) atoms. The molecule has 2 rings (SSSR count). The first-order valence-corrected chi connectivity index (χ1v) is 8.97. The second-order valence-corrected chi connectivity index (χ2v) is 9.29. The van der Waals surface area contributed by atoms with Gasteiger partial charge in [0, 0.05) is 0 Å². The molecule has 132 valence electrons. The van der Waals surface area contributed by atoms with Crippen molar-refractivity contribution in [2.75, 3.05) is 0 Å². The highest BCUT2D eigenvalue weighted by molar-refractivity contribution is 6.46. The number of hydrogen-bond acceptors (Lipinski definition) is 4. The molecule has 6 heteroatoms. The minimum atomic E-state index is -0.247. The summed E-state index contributed by atoms with van der Waals surface area (Å²) < 4.78 is 24.3. The minimum absolute atomic E-state index is 0.110. The fourth-order valence-electron chi connectivity index (χ4n) is 3.01. The van der Waals surface area contributed by atoms with E-state index in [0.29, 0.717) is 5.92 Å². The largest absolute Gasteiger partial charge is 0.458 e. The first-order valence-electron chi connectivity index (χ1n) is 8.97. The molecule has 2 heterocycles. The van der Waals surface area contributed by atoms with Crippen molar-refractivity contribution in [3.8, 4) is 0 Å². The van der Waals surface area contributed by atoms with Crippen LogP contribution in [0.15, 0.2) is 0 Å². The first-order chi connectivity index (χ1) is 10.3. The van der Waals surface area contributed by atoms with Crippen LogP contribution in [0.25, 0.3) is 0 Å². The molecule has 2 aliphatic rings. The van der Waals surface area contributed by atoms with Gasteiger partial charge in [0.05, 0.1) is 22.4 Å². The van der Waals surface area contributed by atoms with E-state index in [2.05, 4.69) is 62.3 Å². The van der Waals surface area contributed by atoms with Crippen LogP contribution in [-0.2, 0) is 18.6 Å². The zero-order valence-corrected chi connectivity index (χ0v) is 16.5. The Morgan fingerprint density at radius 2 is 1.00 bits per heavy atom. The van der Waals surface area contributed by atoms with Gasteiger partial charge in [-0.2, -0.15) is 0 Å². The molecule has 1 unspecified atom stereocenters. The molecule has 0 spiro atoms. The maximum Gasteiger partial charge on any atom is 0.458 e. The molecule has 0 bridgehead atoms. The predicted octanol–water partition coefficient (Wildman–Crippen LogP) is 4.20. The molecule has 4 nitrogen and oxygen atoms in total. The molecule has 0 amide bonds. The topological polar surface area (TPSA) is 36.9 Å². The van der Waals surface area contributed by atoms with Gasteiger partial charge in [0.2, 0.25) is 0 Å². The lowest BCUT2D eigenvalue weighted by Gasteiger charge is -2.32. The fourth-order valence-corrected chi connectivity index (χ4v) is 3.01. The highest BCUT2D eigenvalue weighted by Gasteiger charge is 2.52. The van der Waals surface area contributed by atoms with E-state index in [9.17, 15) is 0 Å². The fraction of sp³-hybridized carbons (Fsp3) is 1.00. The lowest BCUT2D eigenvalue weighted by molar-refractivity contribution is 0.00578. The van der Waals surface area contributed by atoms with E-state index in [1.54, 1.807) is 0 Å².